The van der Waals surface area contributed by atoms with E-state index in [-0.39, 0.29) is 11.3 Å². The topological polar surface area (TPSA) is 121 Å². The number of fused-ring (bicyclic) bond motifs is 2. The number of carbonyl (C=O) groups is 1. The van der Waals surface area contributed by atoms with Gasteiger partial charge in [0.25, 0.3) is 5.91 Å². The molecule has 0 bridgehead atoms. The number of nitrogens with zero attached hydrogens (tertiary/aromatic N) is 1. The highest BCUT2D eigenvalue weighted by molar-refractivity contribution is 7.92. The zero-order chi connectivity index (χ0) is 29.8. The number of benzene rings is 4. The summed E-state index contributed by atoms with van der Waals surface area (Å²) in [5.41, 5.74) is 12.2. The Kier molecular flexibility index (Phi) is 6.50. The van der Waals surface area contributed by atoms with Gasteiger partial charge in [0.05, 0.1) is 17.5 Å². The number of H-pyrrole nitrogens is 1. The van der Waals surface area contributed by atoms with Gasteiger partial charge in [-0.2, -0.15) is 0 Å². The van der Waals surface area contributed by atoms with Crippen molar-refractivity contribution in [2.75, 3.05) is 30.4 Å². The van der Waals surface area contributed by atoms with Gasteiger partial charge < -0.3 is 20.5 Å². The minimum atomic E-state index is -3.67. The second kappa shape index (κ2) is 10.1. The molecule has 4 aromatic carbocycles. The summed E-state index contributed by atoms with van der Waals surface area (Å²) < 4.78 is 46.5. The van der Waals surface area contributed by atoms with Crippen LogP contribution < -0.4 is 15.4 Å². The molecule has 0 aliphatic heterocycles. The maximum absolute atomic E-state index is 13.7. The number of nitrogen functional groups attached to an aromatic ring is 1. The molecule has 0 aliphatic rings. The van der Waals surface area contributed by atoms with Crippen molar-refractivity contribution in [1.29, 1.82) is 0 Å². The summed E-state index contributed by atoms with van der Waals surface area (Å²) in [4.78, 5) is 16.6. The van der Waals surface area contributed by atoms with E-state index in [4.69, 9.17) is 10.2 Å². The first-order chi connectivity index (χ1) is 20.0. The minimum absolute atomic E-state index is 0.249. The van der Waals surface area contributed by atoms with Gasteiger partial charge in [0, 0.05) is 59.0 Å². The Balaban J connectivity index is 1.60. The number of hydrogen-bond acceptors (Lipinski definition) is 5. The third-order valence-electron chi connectivity index (χ3n) is 7.39. The molecule has 0 spiro atoms. The number of hydrogen-bond donors (Lipinski definition) is 3. The smallest absolute Gasteiger partial charge is 0.255 e. The van der Waals surface area contributed by atoms with Crippen molar-refractivity contribution >= 4 is 49.2 Å². The highest BCUT2D eigenvalue weighted by Gasteiger charge is 2.26. The van der Waals surface area contributed by atoms with E-state index in [9.17, 15) is 17.6 Å². The fourth-order valence-electron chi connectivity index (χ4n) is 5.15. The molecule has 2 heterocycles. The highest BCUT2D eigenvalue weighted by Crippen LogP contribution is 2.42. The number of aromatic nitrogens is 1. The van der Waals surface area contributed by atoms with Gasteiger partial charge in [-0.3, -0.25) is 9.10 Å². The lowest BCUT2D eigenvalue weighted by molar-refractivity contribution is 0.0964. The molecule has 2 aromatic heterocycles. The van der Waals surface area contributed by atoms with Crippen LogP contribution in [0, 0.1) is 5.82 Å². The Hall–Kier alpha value is -5.09. The summed E-state index contributed by atoms with van der Waals surface area (Å²) in [6.07, 6.45) is 1.12. The predicted molar refractivity (Wildman–Crippen MR) is 165 cm³/mol. The molecule has 0 atom stereocenters. The number of nitrogens with two attached hydrogens (primary N) is 1. The van der Waals surface area contributed by atoms with E-state index in [1.807, 2.05) is 48.5 Å². The fraction of sp³-hybridized carbons (Fsp3) is 0.0938. The zero-order valence-corrected chi connectivity index (χ0v) is 23.8. The van der Waals surface area contributed by atoms with Crippen LogP contribution in [0.25, 0.3) is 55.6 Å². The first kappa shape index (κ1) is 27.1. The van der Waals surface area contributed by atoms with Crippen molar-refractivity contribution in [1.82, 2.24) is 10.3 Å². The average Bonchev–Trinajstić information content (AvgIpc) is 3.58. The normalized spacial score (nSPS) is 11.7. The van der Waals surface area contributed by atoms with Crippen molar-refractivity contribution in [3.63, 3.8) is 0 Å². The maximum atomic E-state index is 13.7. The van der Waals surface area contributed by atoms with Gasteiger partial charge in [0.15, 0.2) is 0 Å². The third kappa shape index (κ3) is 4.65. The van der Waals surface area contributed by atoms with E-state index in [0.29, 0.717) is 33.5 Å². The molecule has 1 amide bonds. The van der Waals surface area contributed by atoms with Crippen molar-refractivity contribution in [3.05, 3.63) is 96.3 Å². The summed E-state index contributed by atoms with van der Waals surface area (Å²) in [6.45, 7) is 0. The number of nitrogens with one attached hydrogen (secondary N) is 2. The van der Waals surface area contributed by atoms with Crippen LogP contribution in [-0.2, 0) is 10.0 Å². The zero-order valence-electron chi connectivity index (χ0n) is 23.0. The summed E-state index contributed by atoms with van der Waals surface area (Å²) in [5.74, 6) is -0.570. The van der Waals surface area contributed by atoms with Gasteiger partial charge in [-0.15, -0.1) is 0 Å². The minimum Gasteiger partial charge on any atom is -0.455 e. The lowest BCUT2D eigenvalue weighted by atomic mass is 9.96. The van der Waals surface area contributed by atoms with E-state index >= 15 is 0 Å². The first-order valence-electron chi connectivity index (χ1n) is 13.1. The molecule has 42 heavy (non-hydrogen) atoms. The van der Waals surface area contributed by atoms with Gasteiger partial charge in [-0.25, -0.2) is 12.8 Å². The maximum Gasteiger partial charge on any atom is 0.255 e. The Morgan fingerprint density at radius 2 is 1.64 bits per heavy atom. The van der Waals surface area contributed by atoms with Crippen molar-refractivity contribution in [3.8, 4) is 33.7 Å². The molecule has 0 aliphatic carbocycles. The van der Waals surface area contributed by atoms with Gasteiger partial charge in [0.1, 0.15) is 17.2 Å². The molecule has 6 aromatic rings. The molecule has 212 valence electrons. The summed E-state index contributed by atoms with van der Waals surface area (Å²) in [7, 11) is -0.691. The molecule has 8 nitrogen and oxygen atoms in total. The van der Waals surface area contributed by atoms with Gasteiger partial charge in [-0.05, 0) is 65.7 Å². The predicted octanol–water partition coefficient (Wildman–Crippen LogP) is 6.39. The van der Waals surface area contributed by atoms with Crippen molar-refractivity contribution < 1.29 is 22.0 Å². The SMILES string of the molecule is CNC(=O)c1c(-c2ccc(F)cc2)oc2cc(N(C)S(C)(=O)=O)c(-c3cccc(-c4cc5c(N)cccc5[nH]4)c3)cc12. The number of sulfonamides is 1. The quantitative estimate of drug-likeness (QED) is 0.197. The van der Waals surface area contributed by atoms with Gasteiger partial charge in [-0.1, -0.05) is 24.3 Å². The molecule has 0 unspecified atom stereocenters. The van der Waals surface area contributed by atoms with Crippen molar-refractivity contribution in [2.24, 2.45) is 0 Å². The third-order valence-corrected chi connectivity index (χ3v) is 8.58. The Labute approximate surface area is 241 Å². The van der Waals surface area contributed by atoms with Crippen LogP contribution in [0.15, 0.2) is 89.3 Å². The van der Waals surface area contributed by atoms with E-state index in [0.717, 1.165) is 34.0 Å². The molecule has 4 N–H and O–H groups in total. The number of rotatable bonds is 6. The number of halogens is 1. The van der Waals surface area contributed by atoms with Crippen LogP contribution in [0.3, 0.4) is 0 Å². The summed E-state index contributed by atoms with van der Waals surface area (Å²) in [5, 5.41) is 4.04. The van der Waals surface area contributed by atoms with Crippen LogP contribution in [0.2, 0.25) is 0 Å². The van der Waals surface area contributed by atoms with E-state index in [1.54, 1.807) is 12.1 Å². The number of carbonyl (C=O) groups excluding carboxylic acids is 1. The first-order valence-corrected chi connectivity index (χ1v) is 14.9. The lowest BCUT2D eigenvalue weighted by Gasteiger charge is -2.21. The highest BCUT2D eigenvalue weighted by atomic mass is 32.2. The molecule has 0 saturated carbocycles. The molecule has 0 radical (unpaired) electrons. The Morgan fingerprint density at radius 1 is 0.929 bits per heavy atom. The molecular formula is C32H27FN4O4S. The monoisotopic (exact) mass is 582 g/mol. The van der Waals surface area contributed by atoms with Gasteiger partial charge >= 0.3 is 0 Å². The fourth-order valence-corrected chi connectivity index (χ4v) is 5.65. The molecule has 6 rings (SSSR count). The second-order valence-corrected chi connectivity index (χ2v) is 12.1. The van der Waals surface area contributed by atoms with E-state index in [1.165, 1.54) is 42.7 Å². The second-order valence-electron chi connectivity index (χ2n) is 10.1. The van der Waals surface area contributed by atoms with E-state index < -0.39 is 21.7 Å². The van der Waals surface area contributed by atoms with Crippen LogP contribution in [-0.4, -0.2) is 39.7 Å². The number of amides is 1. The van der Waals surface area contributed by atoms with E-state index in [2.05, 4.69) is 10.3 Å². The molecular weight excluding hydrogens is 555 g/mol. The lowest BCUT2D eigenvalue weighted by Crippen LogP contribution is -2.25. The Bertz CT molecular complexity index is 2110. The molecule has 0 fully saturated rings. The molecule has 10 heteroatoms. The van der Waals surface area contributed by atoms with Crippen molar-refractivity contribution in [2.45, 2.75) is 0 Å². The van der Waals surface area contributed by atoms with Crippen LogP contribution in [0.4, 0.5) is 15.8 Å². The standard InChI is InChI=1S/C32H27FN4O4S/c1-35-32(38)30-24-15-22(19-6-4-7-20(14-19)27-16-23-25(34)8-5-9-26(23)36-27)28(37(2)42(3,39)40)17-29(24)41-31(30)18-10-12-21(33)13-11-18/h4-17,36H,34H2,1-3H3,(H,35,38). The summed E-state index contributed by atoms with van der Waals surface area (Å²) in [6, 6.07) is 24.3. The number of aromatic amines is 1. The average molecular weight is 583 g/mol. The largest absolute Gasteiger partial charge is 0.455 e. The Morgan fingerprint density at radius 3 is 2.33 bits per heavy atom. The van der Waals surface area contributed by atoms with Crippen LogP contribution in [0.1, 0.15) is 10.4 Å². The van der Waals surface area contributed by atoms with Crippen LogP contribution in [0.5, 0.6) is 0 Å². The van der Waals surface area contributed by atoms with Crippen LogP contribution >= 0.6 is 0 Å². The molecule has 0 saturated heterocycles. The number of furan rings is 1. The summed E-state index contributed by atoms with van der Waals surface area (Å²) >= 11 is 0. The van der Waals surface area contributed by atoms with Gasteiger partial charge in [0.2, 0.25) is 10.0 Å². The number of anilines is 2.